The van der Waals surface area contributed by atoms with Gasteiger partial charge in [0.1, 0.15) is 6.04 Å². The number of nitrogens with zero attached hydrogens (tertiary/aromatic N) is 1. The summed E-state index contributed by atoms with van der Waals surface area (Å²) in [5.74, 6) is 0.102. The lowest BCUT2D eigenvalue weighted by atomic mass is 9.93. The maximum atomic E-state index is 12.3. The van der Waals surface area contributed by atoms with Crippen LogP contribution in [0.1, 0.15) is 37.8 Å². The summed E-state index contributed by atoms with van der Waals surface area (Å²) in [7, 11) is 0. The number of hydrogen-bond acceptors (Lipinski definition) is 2. The number of amides is 1. The minimum Gasteiger partial charge on any atom is -0.393 e. The molecule has 118 valence electrons. The van der Waals surface area contributed by atoms with Gasteiger partial charge in [-0.15, -0.1) is 0 Å². The lowest BCUT2D eigenvalue weighted by Gasteiger charge is -2.21. The Labute approximate surface area is 131 Å². The number of hydrogen-bond donors (Lipinski definition) is 2. The summed E-state index contributed by atoms with van der Waals surface area (Å²) >= 11 is 0. The monoisotopic (exact) mass is 300 g/mol. The lowest BCUT2D eigenvalue weighted by Crippen LogP contribution is -2.34. The van der Waals surface area contributed by atoms with Gasteiger partial charge in [0.05, 0.1) is 6.10 Å². The molecular weight excluding hydrogens is 276 g/mol. The van der Waals surface area contributed by atoms with Crippen molar-refractivity contribution in [3.05, 3.63) is 60.4 Å². The van der Waals surface area contributed by atoms with Gasteiger partial charge in [0.15, 0.2) is 0 Å². The van der Waals surface area contributed by atoms with Crippen molar-refractivity contribution < 1.29 is 9.90 Å². The van der Waals surface area contributed by atoms with Crippen molar-refractivity contribution in [3.8, 4) is 0 Å². The average molecular weight is 300 g/mol. The van der Waals surface area contributed by atoms with Gasteiger partial charge in [-0.3, -0.25) is 4.79 Å². The van der Waals surface area contributed by atoms with E-state index in [0.717, 1.165) is 5.56 Å². The fourth-order valence-corrected chi connectivity index (χ4v) is 2.59. The second-order valence-electron chi connectivity index (χ2n) is 5.74. The number of rotatable bonds is 7. The molecule has 3 unspecified atom stereocenters. The number of aromatic nitrogens is 1. The zero-order valence-corrected chi connectivity index (χ0v) is 13.1. The fourth-order valence-electron chi connectivity index (χ4n) is 2.59. The van der Waals surface area contributed by atoms with Crippen LogP contribution in [0.4, 0.5) is 0 Å². The van der Waals surface area contributed by atoms with Gasteiger partial charge in [-0.2, -0.15) is 0 Å². The highest BCUT2D eigenvalue weighted by molar-refractivity contribution is 5.79. The smallest absolute Gasteiger partial charge is 0.242 e. The molecule has 4 heteroatoms. The standard InChI is InChI=1S/C18H24N2O2/c1-14(21)12-17(16-8-4-3-5-9-16)13-19-18(22)15(2)20-10-6-7-11-20/h3-11,14-15,17,21H,12-13H2,1-2H3,(H,19,22). The molecule has 2 N–H and O–H groups in total. The van der Waals surface area contributed by atoms with Crippen LogP contribution in [0.5, 0.6) is 0 Å². The number of aliphatic hydroxyl groups is 1. The quantitative estimate of drug-likeness (QED) is 0.826. The van der Waals surface area contributed by atoms with Crippen LogP contribution >= 0.6 is 0 Å². The van der Waals surface area contributed by atoms with Gasteiger partial charge in [0.25, 0.3) is 0 Å². The van der Waals surface area contributed by atoms with E-state index in [-0.39, 0.29) is 17.9 Å². The first kappa shape index (κ1) is 16.3. The van der Waals surface area contributed by atoms with E-state index in [4.69, 9.17) is 0 Å². The number of carbonyl (C=O) groups is 1. The van der Waals surface area contributed by atoms with Gasteiger partial charge < -0.3 is 15.0 Å². The highest BCUT2D eigenvalue weighted by atomic mass is 16.3. The van der Waals surface area contributed by atoms with E-state index in [1.54, 1.807) is 6.92 Å². The third-order valence-electron chi connectivity index (χ3n) is 3.87. The lowest BCUT2D eigenvalue weighted by molar-refractivity contribution is -0.123. The summed E-state index contributed by atoms with van der Waals surface area (Å²) < 4.78 is 1.88. The maximum Gasteiger partial charge on any atom is 0.242 e. The second-order valence-corrected chi connectivity index (χ2v) is 5.74. The molecule has 0 aliphatic rings. The SMILES string of the molecule is CC(O)CC(CNC(=O)C(C)n1cccc1)c1ccccc1. The Bertz CT molecular complexity index is 564. The van der Waals surface area contributed by atoms with Crippen LogP contribution in [0.2, 0.25) is 0 Å². The molecule has 22 heavy (non-hydrogen) atoms. The molecule has 3 atom stereocenters. The van der Waals surface area contributed by atoms with Crippen molar-refractivity contribution in [1.29, 1.82) is 0 Å². The number of nitrogens with one attached hydrogen (secondary N) is 1. The molecule has 0 aliphatic heterocycles. The van der Waals surface area contributed by atoms with E-state index in [2.05, 4.69) is 5.32 Å². The molecule has 0 radical (unpaired) electrons. The van der Waals surface area contributed by atoms with Crippen LogP contribution < -0.4 is 5.32 Å². The van der Waals surface area contributed by atoms with Crippen molar-refractivity contribution in [1.82, 2.24) is 9.88 Å². The van der Waals surface area contributed by atoms with Gasteiger partial charge in [-0.25, -0.2) is 0 Å². The second kappa shape index (κ2) is 7.80. The Hall–Kier alpha value is -2.07. The maximum absolute atomic E-state index is 12.3. The first-order valence-electron chi connectivity index (χ1n) is 7.71. The Morgan fingerprint density at radius 3 is 2.36 bits per heavy atom. The van der Waals surface area contributed by atoms with Crippen LogP contribution in [-0.4, -0.2) is 28.2 Å². The molecule has 0 aliphatic carbocycles. The van der Waals surface area contributed by atoms with E-state index in [9.17, 15) is 9.90 Å². The Morgan fingerprint density at radius 2 is 1.77 bits per heavy atom. The molecule has 1 amide bonds. The first-order chi connectivity index (χ1) is 10.6. The molecule has 1 aromatic carbocycles. The molecule has 4 nitrogen and oxygen atoms in total. The zero-order valence-electron chi connectivity index (χ0n) is 13.1. The van der Waals surface area contributed by atoms with Gasteiger partial charge >= 0.3 is 0 Å². The predicted octanol–water partition coefficient (Wildman–Crippen LogP) is 2.72. The minimum atomic E-state index is -0.399. The molecular formula is C18H24N2O2. The summed E-state index contributed by atoms with van der Waals surface area (Å²) in [6.07, 6.45) is 4.00. The van der Waals surface area contributed by atoms with Gasteiger partial charge in [0, 0.05) is 24.9 Å². The van der Waals surface area contributed by atoms with Crippen LogP contribution in [-0.2, 0) is 4.79 Å². The van der Waals surface area contributed by atoms with Crippen LogP contribution in [0, 0.1) is 0 Å². The molecule has 0 bridgehead atoms. The summed E-state index contributed by atoms with van der Waals surface area (Å²) in [6.45, 7) is 4.18. The van der Waals surface area contributed by atoms with Crippen LogP contribution in [0.3, 0.4) is 0 Å². The molecule has 0 spiro atoms. The summed E-state index contributed by atoms with van der Waals surface area (Å²) in [4.78, 5) is 12.3. The number of benzene rings is 1. The normalized spacial score (nSPS) is 15.0. The average Bonchev–Trinajstić information content (AvgIpc) is 3.05. The van der Waals surface area contributed by atoms with Crippen molar-refractivity contribution >= 4 is 5.91 Å². The van der Waals surface area contributed by atoms with Gasteiger partial charge in [-0.05, 0) is 38.0 Å². The third-order valence-corrected chi connectivity index (χ3v) is 3.87. The third kappa shape index (κ3) is 4.46. The Balaban J connectivity index is 1.97. The van der Waals surface area contributed by atoms with Crippen molar-refractivity contribution in [2.75, 3.05) is 6.54 Å². The summed E-state index contributed by atoms with van der Waals surface area (Å²) in [5, 5.41) is 12.7. The molecule has 0 saturated heterocycles. The molecule has 0 saturated carbocycles. The summed E-state index contributed by atoms with van der Waals surface area (Å²) in [5.41, 5.74) is 1.14. The minimum absolute atomic E-state index is 0.0114. The molecule has 1 heterocycles. The zero-order chi connectivity index (χ0) is 15.9. The molecule has 2 rings (SSSR count). The highest BCUT2D eigenvalue weighted by Gasteiger charge is 2.18. The Kier molecular flexibility index (Phi) is 5.78. The van der Waals surface area contributed by atoms with Gasteiger partial charge in [-0.1, -0.05) is 30.3 Å². The van der Waals surface area contributed by atoms with E-state index in [1.807, 2.05) is 66.3 Å². The van der Waals surface area contributed by atoms with Crippen molar-refractivity contribution in [2.45, 2.75) is 38.3 Å². The van der Waals surface area contributed by atoms with Crippen molar-refractivity contribution in [2.24, 2.45) is 0 Å². The van der Waals surface area contributed by atoms with E-state index in [0.29, 0.717) is 13.0 Å². The molecule has 2 aromatic rings. The predicted molar refractivity (Wildman–Crippen MR) is 87.6 cm³/mol. The number of carbonyl (C=O) groups excluding carboxylic acids is 1. The van der Waals surface area contributed by atoms with E-state index < -0.39 is 6.10 Å². The van der Waals surface area contributed by atoms with E-state index in [1.165, 1.54) is 0 Å². The first-order valence-corrected chi connectivity index (χ1v) is 7.71. The Morgan fingerprint density at radius 1 is 1.14 bits per heavy atom. The van der Waals surface area contributed by atoms with Crippen molar-refractivity contribution in [3.63, 3.8) is 0 Å². The van der Waals surface area contributed by atoms with E-state index >= 15 is 0 Å². The highest BCUT2D eigenvalue weighted by Crippen LogP contribution is 2.20. The molecule has 1 aromatic heterocycles. The summed E-state index contributed by atoms with van der Waals surface area (Å²) in [6, 6.07) is 13.6. The topological polar surface area (TPSA) is 54.3 Å². The molecule has 0 fully saturated rings. The van der Waals surface area contributed by atoms with Gasteiger partial charge in [0.2, 0.25) is 5.91 Å². The van der Waals surface area contributed by atoms with Crippen LogP contribution in [0.15, 0.2) is 54.9 Å². The fraction of sp³-hybridized carbons (Fsp3) is 0.389. The van der Waals surface area contributed by atoms with Crippen LogP contribution in [0.25, 0.3) is 0 Å². The number of aliphatic hydroxyl groups excluding tert-OH is 1. The largest absolute Gasteiger partial charge is 0.393 e.